The summed E-state index contributed by atoms with van der Waals surface area (Å²) in [6.07, 6.45) is 2.65. The first-order valence-electron chi connectivity index (χ1n) is 6.80. The molecule has 4 nitrogen and oxygen atoms in total. The van der Waals surface area contributed by atoms with Gasteiger partial charge < -0.3 is 14.6 Å². The molecule has 0 aromatic heterocycles. The fourth-order valence-corrected chi connectivity index (χ4v) is 2.28. The molecule has 0 fully saturated rings. The minimum atomic E-state index is -0.476. The zero-order chi connectivity index (χ0) is 13.7. The largest absolute Gasteiger partial charge is 0.478 e. The van der Waals surface area contributed by atoms with Crippen LogP contribution in [0.4, 0.5) is 0 Å². The first-order chi connectivity index (χ1) is 9.24. The number of hydrogen-bond acceptors (Lipinski definition) is 4. The number of rotatable bonds is 5. The summed E-state index contributed by atoms with van der Waals surface area (Å²) in [7, 11) is 0. The summed E-state index contributed by atoms with van der Waals surface area (Å²) in [5, 5.41) is 8.84. The molecule has 0 spiro atoms. The molecule has 0 aliphatic carbocycles. The highest BCUT2D eigenvalue weighted by molar-refractivity contribution is 5.75. The SMILES string of the molecule is CCOC(=O)C1CCc2cc(CCCO)ccc2O1. The second-order valence-electron chi connectivity index (χ2n) is 4.67. The minimum Gasteiger partial charge on any atom is -0.478 e. The van der Waals surface area contributed by atoms with Gasteiger partial charge in [0.1, 0.15) is 5.75 Å². The van der Waals surface area contributed by atoms with E-state index < -0.39 is 6.10 Å². The standard InChI is InChI=1S/C15H20O4/c1-2-18-15(17)14-8-6-12-10-11(4-3-9-16)5-7-13(12)19-14/h5,7,10,14,16H,2-4,6,8-9H2,1H3. The van der Waals surface area contributed by atoms with E-state index in [0.29, 0.717) is 13.0 Å². The van der Waals surface area contributed by atoms with Crippen LogP contribution in [0, 0.1) is 0 Å². The smallest absolute Gasteiger partial charge is 0.347 e. The first-order valence-corrected chi connectivity index (χ1v) is 6.80. The number of esters is 1. The van der Waals surface area contributed by atoms with Crippen molar-refractivity contribution in [2.24, 2.45) is 0 Å². The van der Waals surface area contributed by atoms with Crippen LogP contribution in [-0.2, 0) is 22.4 Å². The number of carbonyl (C=O) groups is 1. The Morgan fingerprint density at radius 3 is 3.11 bits per heavy atom. The van der Waals surface area contributed by atoms with E-state index in [4.69, 9.17) is 14.6 Å². The number of fused-ring (bicyclic) bond motifs is 1. The fraction of sp³-hybridized carbons (Fsp3) is 0.533. The van der Waals surface area contributed by atoms with Crippen LogP contribution in [-0.4, -0.2) is 30.4 Å². The van der Waals surface area contributed by atoms with Crippen LogP contribution in [0.2, 0.25) is 0 Å². The fourth-order valence-electron chi connectivity index (χ4n) is 2.28. The second-order valence-corrected chi connectivity index (χ2v) is 4.67. The van der Waals surface area contributed by atoms with Crippen LogP contribution < -0.4 is 4.74 Å². The van der Waals surface area contributed by atoms with Gasteiger partial charge in [0.15, 0.2) is 6.10 Å². The average molecular weight is 264 g/mol. The third kappa shape index (κ3) is 3.47. The predicted octanol–water partition coefficient (Wildman–Crippen LogP) is 1.87. The van der Waals surface area contributed by atoms with Crippen LogP contribution in [0.3, 0.4) is 0 Å². The number of aliphatic hydroxyl groups is 1. The highest BCUT2D eigenvalue weighted by atomic mass is 16.6. The van der Waals surface area contributed by atoms with Crippen molar-refractivity contribution >= 4 is 5.97 Å². The van der Waals surface area contributed by atoms with Gasteiger partial charge in [0.05, 0.1) is 6.61 Å². The topological polar surface area (TPSA) is 55.8 Å². The molecule has 1 aromatic rings. The molecular formula is C15H20O4. The average Bonchev–Trinajstić information content (AvgIpc) is 2.44. The Bertz CT molecular complexity index is 442. The van der Waals surface area contributed by atoms with E-state index in [1.807, 2.05) is 12.1 Å². The van der Waals surface area contributed by atoms with E-state index in [9.17, 15) is 4.79 Å². The summed E-state index contributed by atoms with van der Waals surface area (Å²) in [5.41, 5.74) is 2.34. The first kappa shape index (κ1) is 13.9. The van der Waals surface area contributed by atoms with Crippen LogP contribution in [0.25, 0.3) is 0 Å². The third-order valence-corrected chi connectivity index (χ3v) is 3.24. The lowest BCUT2D eigenvalue weighted by atomic mass is 9.98. The van der Waals surface area contributed by atoms with Gasteiger partial charge in [-0.05, 0) is 49.8 Å². The van der Waals surface area contributed by atoms with Crippen molar-refractivity contribution in [3.8, 4) is 5.75 Å². The maximum absolute atomic E-state index is 11.6. The molecule has 2 rings (SSSR count). The molecule has 1 aliphatic heterocycles. The van der Waals surface area contributed by atoms with Crippen molar-refractivity contribution in [2.75, 3.05) is 13.2 Å². The van der Waals surface area contributed by atoms with Crippen LogP contribution in [0.15, 0.2) is 18.2 Å². The molecule has 0 amide bonds. The van der Waals surface area contributed by atoms with Crippen LogP contribution in [0.1, 0.15) is 30.9 Å². The molecule has 1 aromatic carbocycles. The zero-order valence-electron chi connectivity index (χ0n) is 11.2. The number of aryl methyl sites for hydroxylation is 2. The summed E-state index contributed by atoms with van der Waals surface area (Å²) in [5.74, 6) is 0.495. The van der Waals surface area contributed by atoms with E-state index in [1.54, 1.807) is 6.92 Å². The Labute approximate surface area is 113 Å². The Balaban J connectivity index is 2.03. The Morgan fingerprint density at radius 1 is 1.53 bits per heavy atom. The zero-order valence-corrected chi connectivity index (χ0v) is 11.2. The van der Waals surface area contributed by atoms with E-state index >= 15 is 0 Å². The molecule has 104 valence electrons. The summed E-state index contributed by atoms with van der Waals surface area (Å²) < 4.78 is 10.7. The highest BCUT2D eigenvalue weighted by Crippen LogP contribution is 2.29. The lowest BCUT2D eigenvalue weighted by molar-refractivity contribution is -0.152. The van der Waals surface area contributed by atoms with E-state index in [2.05, 4.69) is 6.07 Å². The number of benzene rings is 1. The van der Waals surface area contributed by atoms with Crippen molar-refractivity contribution in [1.29, 1.82) is 0 Å². The van der Waals surface area contributed by atoms with Gasteiger partial charge in [0.2, 0.25) is 0 Å². The van der Waals surface area contributed by atoms with Gasteiger partial charge in [-0.15, -0.1) is 0 Å². The lowest BCUT2D eigenvalue weighted by Crippen LogP contribution is -2.32. The molecule has 0 saturated heterocycles. The van der Waals surface area contributed by atoms with Crippen LogP contribution >= 0.6 is 0 Å². The Hall–Kier alpha value is -1.55. The van der Waals surface area contributed by atoms with E-state index in [1.165, 1.54) is 5.56 Å². The molecular weight excluding hydrogens is 244 g/mol. The highest BCUT2D eigenvalue weighted by Gasteiger charge is 2.27. The van der Waals surface area contributed by atoms with Gasteiger partial charge in [-0.2, -0.15) is 0 Å². The summed E-state index contributed by atoms with van der Waals surface area (Å²) >= 11 is 0. The van der Waals surface area contributed by atoms with Crippen molar-refractivity contribution < 1.29 is 19.4 Å². The third-order valence-electron chi connectivity index (χ3n) is 3.24. The van der Waals surface area contributed by atoms with Crippen LogP contribution in [0.5, 0.6) is 5.75 Å². The monoisotopic (exact) mass is 264 g/mol. The van der Waals surface area contributed by atoms with Gasteiger partial charge in [-0.1, -0.05) is 12.1 Å². The van der Waals surface area contributed by atoms with Gasteiger partial charge in [-0.25, -0.2) is 4.79 Å². The molecule has 4 heteroatoms. The van der Waals surface area contributed by atoms with Gasteiger partial charge >= 0.3 is 5.97 Å². The van der Waals surface area contributed by atoms with Gasteiger partial charge in [0, 0.05) is 6.61 Å². The molecule has 0 bridgehead atoms. The molecule has 19 heavy (non-hydrogen) atoms. The quantitative estimate of drug-likeness (QED) is 0.825. The number of ether oxygens (including phenoxy) is 2. The summed E-state index contributed by atoms with van der Waals surface area (Å²) in [6, 6.07) is 6.00. The molecule has 1 atom stereocenters. The predicted molar refractivity (Wildman–Crippen MR) is 71.2 cm³/mol. The lowest BCUT2D eigenvalue weighted by Gasteiger charge is -2.25. The summed E-state index contributed by atoms with van der Waals surface area (Å²) in [4.78, 5) is 11.6. The summed E-state index contributed by atoms with van der Waals surface area (Å²) in [6.45, 7) is 2.38. The maximum atomic E-state index is 11.6. The van der Waals surface area contributed by atoms with E-state index in [0.717, 1.165) is 30.6 Å². The second kappa shape index (κ2) is 6.57. The van der Waals surface area contributed by atoms with Gasteiger partial charge in [-0.3, -0.25) is 0 Å². The van der Waals surface area contributed by atoms with Crippen molar-refractivity contribution in [2.45, 2.75) is 38.7 Å². The number of carbonyl (C=O) groups excluding carboxylic acids is 1. The Kier molecular flexibility index (Phi) is 4.80. The molecule has 0 saturated carbocycles. The normalized spacial score (nSPS) is 17.5. The van der Waals surface area contributed by atoms with Gasteiger partial charge in [0.25, 0.3) is 0 Å². The minimum absolute atomic E-state index is 0.207. The molecule has 1 aliphatic rings. The van der Waals surface area contributed by atoms with Crippen molar-refractivity contribution in [3.05, 3.63) is 29.3 Å². The number of aliphatic hydroxyl groups excluding tert-OH is 1. The maximum Gasteiger partial charge on any atom is 0.347 e. The Morgan fingerprint density at radius 2 is 2.37 bits per heavy atom. The van der Waals surface area contributed by atoms with E-state index in [-0.39, 0.29) is 12.6 Å². The molecule has 1 N–H and O–H groups in total. The van der Waals surface area contributed by atoms with Crippen molar-refractivity contribution in [3.63, 3.8) is 0 Å². The number of hydrogen-bond donors (Lipinski definition) is 1. The molecule has 1 heterocycles. The van der Waals surface area contributed by atoms with Crippen molar-refractivity contribution in [1.82, 2.24) is 0 Å². The molecule has 1 unspecified atom stereocenters. The molecule has 0 radical (unpaired) electrons.